The van der Waals surface area contributed by atoms with Gasteiger partial charge >= 0.3 is 0 Å². The number of para-hydroxylation sites is 1. The molecule has 0 unspecified atom stereocenters. The SMILES string of the molecule is CC1(C)c2cc(Cl)ccc2-c2c1c(-c1ccccc1)n(-c1ccccc1)c2-c1ccccc1. The van der Waals surface area contributed by atoms with Crippen molar-refractivity contribution in [1.29, 1.82) is 0 Å². The molecular formula is C31H24ClN. The van der Waals surface area contributed by atoms with Crippen LogP contribution in [0.3, 0.4) is 0 Å². The highest BCUT2D eigenvalue weighted by Gasteiger charge is 2.43. The van der Waals surface area contributed by atoms with E-state index >= 15 is 0 Å². The van der Waals surface area contributed by atoms with Crippen molar-refractivity contribution in [2.24, 2.45) is 0 Å². The van der Waals surface area contributed by atoms with Crippen molar-refractivity contribution < 1.29 is 0 Å². The molecule has 4 aromatic carbocycles. The molecule has 0 spiro atoms. The van der Waals surface area contributed by atoms with E-state index in [1.807, 2.05) is 6.07 Å². The molecule has 0 radical (unpaired) electrons. The summed E-state index contributed by atoms with van der Waals surface area (Å²) in [6.07, 6.45) is 0. The fraction of sp³-hybridized carbons (Fsp3) is 0.0968. The van der Waals surface area contributed by atoms with E-state index in [0.717, 1.165) is 10.7 Å². The zero-order valence-corrected chi connectivity index (χ0v) is 19.5. The van der Waals surface area contributed by atoms with E-state index < -0.39 is 0 Å². The maximum atomic E-state index is 6.50. The van der Waals surface area contributed by atoms with Gasteiger partial charge in [-0.05, 0) is 52.1 Å². The summed E-state index contributed by atoms with van der Waals surface area (Å²) in [6, 6.07) is 38.6. The molecule has 0 atom stereocenters. The molecule has 0 saturated heterocycles. The molecular weight excluding hydrogens is 422 g/mol. The topological polar surface area (TPSA) is 4.93 Å². The number of fused-ring (bicyclic) bond motifs is 3. The van der Waals surface area contributed by atoms with Gasteiger partial charge in [0, 0.05) is 21.7 Å². The number of hydrogen-bond acceptors (Lipinski definition) is 0. The number of benzene rings is 4. The summed E-state index contributed by atoms with van der Waals surface area (Å²) >= 11 is 6.50. The Bertz CT molecular complexity index is 1460. The summed E-state index contributed by atoms with van der Waals surface area (Å²) in [5.41, 5.74) is 11.1. The van der Waals surface area contributed by atoms with Crippen molar-refractivity contribution in [1.82, 2.24) is 4.57 Å². The first-order valence-electron chi connectivity index (χ1n) is 11.3. The van der Waals surface area contributed by atoms with E-state index in [2.05, 4.69) is 122 Å². The van der Waals surface area contributed by atoms with Gasteiger partial charge in [0.05, 0.1) is 11.4 Å². The highest BCUT2D eigenvalue weighted by molar-refractivity contribution is 6.30. The van der Waals surface area contributed by atoms with Crippen LogP contribution in [0.1, 0.15) is 25.0 Å². The van der Waals surface area contributed by atoms with Crippen LogP contribution in [0, 0.1) is 0 Å². The van der Waals surface area contributed by atoms with Crippen LogP contribution in [0.25, 0.3) is 39.3 Å². The van der Waals surface area contributed by atoms with Gasteiger partial charge in [0.1, 0.15) is 0 Å². The molecule has 1 nitrogen and oxygen atoms in total. The summed E-state index contributed by atoms with van der Waals surface area (Å²) in [7, 11) is 0. The lowest BCUT2D eigenvalue weighted by molar-refractivity contribution is 0.660. The molecule has 0 aliphatic heterocycles. The van der Waals surface area contributed by atoms with Crippen LogP contribution in [-0.4, -0.2) is 4.57 Å². The van der Waals surface area contributed by atoms with Crippen molar-refractivity contribution in [3.8, 4) is 39.3 Å². The third-order valence-corrected chi connectivity index (χ3v) is 7.06. The number of halogens is 1. The molecule has 1 aromatic heterocycles. The van der Waals surface area contributed by atoms with Crippen molar-refractivity contribution in [3.63, 3.8) is 0 Å². The van der Waals surface area contributed by atoms with Crippen molar-refractivity contribution in [2.45, 2.75) is 19.3 Å². The monoisotopic (exact) mass is 445 g/mol. The molecule has 1 aliphatic rings. The van der Waals surface area contributed by atoms with Gasteiger partial charge in [-0.1, -0.05) is 110 Å². The molecule has 6 rings (SSSR count). The minimum absolute atomic E-state index is 0.190. The van der Waals surface area contributed by atoms with E-state index in [1.165, 1.54) is 44.8 Å². The van der Waals surface area contributed by atoms with Crippen LogP contribution in [0.2, 0.25) is 5.02 Å². The number of aromatic nitrogens is 1. The fourth-order valence-electron chi connectivity index (χ4n) is 5.40. The first-order chi connectivity index (χ1) is 16.1. The van der Waals surface area contributed by atoms with Gasteiger partial charge in [-0.2, -0.15) is 0 Å². The first kappa shape index (κ1) is 20.1. The van der Waals surface area contributed by atoms with Crippen molar-refractivity contribution in [2.75, 3.05) is 0 Å². The third-order valence-electron chi connectivity index (χ3n) is 6.83. The molecule has 5 aromatic rings. The van der Waals surface area contributed by atoms with Crippen LogP contribution in [-0.2, 0) is 5.41 Å². The molecule has 0 bridgehead atoms. The second-order valence-electron chi connectivity index (χ2n) is 9.17. The highest BCUT2D eigenvalue weighted by atomic mass is 35.5. The van der Waals surface area contributed by atoms with Gasteiger partial charge in [-0.25, -0.2) is 0 Å². The van der Waals surface area contributed by atoms with Crippen LogP contribution in [0.4, 0.5) is 0 Å². The summed E-state index contributed by atoms with van der Waals surface area (Å²) in [4.78, 5) is 0. The predicted octanol–water partition coefficient (Wildman–Crippen LogP) is 8.77. The quantitative estimate of drug-likeness (QED) is 0.261. The predicted molar refractivity (Wildman–Crippen MR) is 139 cm³/mol. The summed E-state index contributed by atoms with van der Waals surface area (Å²) < 4.78 is 2.45. The maximum absolute atomic E-state index is 6.50. The Hall–Kier alpha value is -3.55. The van der Waals surface area contributed by atoms with E-state index in [0.29, 0.717) is 0 Å². The number of rotatable bonds is 3. The molecule has 160 valence electrons. The molecule has 1 aliphatic carbocycles. The lowest BCUT2D eigenvalue weighted by Crippen LogP contribution is -2.17. The Morgan fingerprint density at radius 1 is 0.636 bits per heavy atom. The highest BCUT2D eigenvalue weighted by Crippen LogP contribution is 2.58. The van der Waals surface area contributed by atoms with Crippen LogP contribution < -0.4 is 0 Å². The van der Waals surface area contributed by atoms with E-state index in [9.17, 15) is 0 Å². The Morgan fingerprint density at radius 3 is 1.79 bits per heavy atom. The Balaban J connectivity index is 1.84. The fourth-order valence-corrected chi connectivity index (χ4v) is 5.58. The van der Waals surface area contributed by atoms with Crippen LogP contribution in [0.5, 0.6) is 0 Å². The molecule has 0 amide bonds. The smallest absolute Gasteiger partial charge is 0.0616 e. The minimum atomic E-state index is -0.190. The zero-order chi connectivity index (χ0) is 22.6. The van der Waals surface area contributed by atoms with Gasteiger partial charge in [0.15, 0.2) is 0 Å². The first-order valence-corrected chi connectivity index (χ1v) is 11.7. The van der Waals surface area contributed by atoms with E-state index in [1.54, 1.807) is 0 Å². The van der Waals surface area contributed by atoms with Gasteiger partial charge in [-0.15, -0.1) is 0 Å². The lowest BCUT2D eigenvalue weighted by Gasteiger charge is -2.25. The lowest BCUT2D eigenvalue weighted by atomic mass is 9.81. The minimum Gasteiger partial charge on any atom is -0.308 e. The van der Waals surface area contributed by atoms with Gasteiger partial charge in [0.25, 0.3) is 0 Å². The zero-order valence-electron chi connectivity index (χ0n) is 18.7. The second kappa shape index (κ2) is 7.50. The summed E-state index contributed by atoms with van der Waals surface area (Å²) in [5.74, 6) is 0. The van der Waals surface area contributed by atoms with Crippen molar-refractivity contribution >= 4 is 11.6 Å². The average molecular weight is 446 g/mol. The maximum Gasteiger partial charge on any atom is 0.0616 e. The van der Waals surface area contributed by atoms with Crippen LogP contribution in [0.15, 0.2) is 109 Å². The average Bonchev–Trinajstić information content (AvgIpc) is 3.32. The van der Waals surface area contributed by atoms with Gasteiger partial charge in [-0.3, -0.25) is 0 Å². The molecule has 2 heteroatoms. The normalized spacial score (nSPS) is 13.5. The Labute approximate surface area is 199 Å². The van der Waals surface area contributed by atoms with E-state index in [-0.39, 0.29) is 5.41 Å². The molecule has 33 heavy (non-hydrogen) atoms. The molecule has 0 fully saturated rings. The van der Waals surface area contributed by atoms with Gasteiger partial charge < -0.3 is 4.57 Å². The largest absolute Gasteiger partial charge is 0.308 e. The number of hydrogen-bond donors (Lipinski definition) is 0. The molecule has 0 saturated carbocycles. The van der Waals surface area contributed by atoms with Crippen molar-refractivity contribution in [3.05, 3.63) is 125 Å². The second-order valence-corrected chi connectivity index (χ2v) is 9.60. The third kappa shape index (κ3) is 3.00. The summed E-state index contributed by atoms with van der Waals surface area (Å²) in [6.45, 7) is 4.65. The van der Waals surface area contributed by atoms with Gasteiger partial charge in [0.2, 0.25) is 0 Å². The number of nitrogens with zero attached hydrogens (tertiary/aromatic N) is 1. The summed E-state index contributed by atoms with van der Waals surface area (Å²) in [5, 5.41) is 0.783. The standard InChI is InChI=1S/C31H24ClN/c1-31(2)26-20-23(32)18-19-25(26)27-28(31)30(22-14-8-4-9-15-22)33(24-16-10-5-11-17-24)29(27)21-12-6-3-7-13-21/h3-20H,1-2H3. The molecule has 1 heterocycles. The molecule has 0 N–H and O–H groups in total. The van der Waals surface area contributed by atoms with E-state index in [4.69, 9.17) is 11.6 Å². The van der Waals surface area contributed by atoms with Crippen LogP contribution >= 0.6 is 11.6 Å². The Morgan fingerprint density at radius 2 is 1.18 bits per heavy atom. The Kier molecular flexibility index (Phi) is 4.57.